The van der Waals surface area contributed by atoms with Crippen LogP contribution in [-0.2, 0) is 4.79 Å². The lowest BCUT2D eigenvalue weighted by Gasteiger charge is -2.24. The third kappa shape index (κ3) is 3.07. The number of hydrogen-bond acceptors (Lipinski definition) is 2. The fourth-order valence-electron chi connectivity index (χ4n) is 1.92. The van der Waals surface area contributed by atoms with Gasteiger partial charge in [0.25, 0.3) is 0 Å². The van der Waals surface area contributed by atoms with Crippen LogP contribution < -0.4 is 10.6 Å². The van der Waals surface area contributed by atoms with Crippen LogP contribution in [0.15, 0.2) is 18.2 Å². The molecule has 1 aromatic rings. The number of amides is 1. The summed E-state index contributed by atoms with van der Waals surface area (Å²) in [6.07, 6.45) is 0.782. The Labute approximate surface area is 104 Å². The van der Waals surface area contributed by atoms with Crippen LogP contribution in [0.2, 0.25) is 0 Å². The molecule has 0 fully saturated rings. The topological polar surface area (TPSA) is 46.3 Å². The largest absolute Gasteiger partial charge is 0.330 e. The van der Waals surface area contributed by atoms with Gasteiger partial charge in [-0.1, -0.05) is 19.1 Å². The molecular formula is C14H22N2O. The number of hydrogen-bond donors (Lipinski definition) is 1. The normalized spacial score (nSPS) is 12.3. The van der Waals surface area contributed by atoms with Crippen molar-refractivity contribution < 1.29 is 4.79 Å². The summed E-state index contributed by atoms with van der Waals surface area (Å²) in [6.45, 7) is 6.44. The zero-order valence-electron chi connectivity index (χ0n) is 11.2. The fraction of sp³-hybridized carbons (Fsp3) is 0.500. The van der Waals surface area contributed by atoms with Crippen molar-refractivity contribution in [2.24, 2.45) is 11.7 Å². The molecule has 0 spiro atoms. The zero-order valence-corrected chi connectivity index (χ0v) is 11.2. The van der Waals surface area contributed by atoms with E-state index in [4.69, 9.17) is 5.73 Å². The van der Waals surface area contributed by atoms with Gasteiger partial charge in [0.1, 0.15) is 0 Å². The molecule has 1 unspecified atom stereocenters. The number of benzene rings is 1. The summed E-state index contributed by atoms with van der Waals surface area (Å²) in [6, 6.07) is 6.13. The molecule has 0 heterocycles. The Kier molecular flexibility index (Phi) is 4.70. The van der Waals surface area contributed by atoms with Crippen LogP contribution >= 0.6 is 0 Å². The quantitative estimate of drug-likeness (QED) is 0.868. The molecule has 1 amide bonds. The summed E-state index contributed by atoms with van der Waals surface area (Å²) in [4.78, 5) is 13.9. The minimum atomic E-state index is -0.0834. The van der Waals surface area contributed by atoms with Gasteiger partial charge >= 0.3 is 0 Å². The van der Waals surface area contributed by atoms with Gasteiger partial charge in [0.05, 0.1) is 5.92 Å². The maximum atomic E-state index is 12.2. The van der Waals surface area contributed by atoms with Gasteiger partial charge in [0, 0.05) is 19.3 Å². The first-order valence-corrected chi connectivity index (χ1v) is 6.06. The van der Waals surface area contributed by atoms with Crippen molar-refractivity contribution in [3.05, 3.63) is 29.3 Å². The van der Waals surface area contributed by atoms with Crippen LogP contribution in [0.4, 0.5) is 5.69 Å². The van der Waals surface area contributed by atoms with Gasteiger partial charge in [0.15, 0.2) is 0 Å². The number of rotatable bonds is 4. The molecule has 0 aromatic heterocycles. The maximum absolute atomic E-state index is 12.2. The second kappa shape index (κ2) is 5.82. The number of anilines is 1. The maximum Gasteiger partial charge on any atom is 0.231 e. The lowest BCUT2D eigenvalue weighted by atomic mass is 10.0. The summed E-state index contributed by atoms with van der Waals surface area (Å²) in [5, 5.41) is 0. The molecule has 1 aromatic carbocycles. The van der Waals surface area contributed by atoms with Gasteiger partial charge < -0.3 is 10.6 Å². The van der Waals surface area contributed by atoms with Crippen LogP contribution in [0, 0.1) is 19.8 Å². The van der Waals surface area contributed by atoms with Crippen molar-refractivity contribution in [2.75, 3.05) is 18.5 Å². The van der Waals surface area contributed by atoms with E-state index in [-0.39, 0.29) is 11.8 Å². The molecule has 17 heavy (non-hydrogen) atoms. The summed E-state index contributed by atoms with van der Waals surface area (Å²) >= 11 is 0. The van der Waals surface area contributed by atoms with E-state index in [1.165, 1.54) is 0 Å². The Bertz CT molecular complexity index is 397. The lowest BCUT2D eigenvalue weighted by molar-refractivity contribution is -0.121. The standard InChI is InChI=1S/C14H22N2O/c1-5-12(9-15)14(17)16(4)13-8-10(2)6-7-11(13)3/h6-8,12H,5,9,15H2,1-4H3. The highest BCUT2D eigenvalue weighted by atomic mass is 16.2. The minimum absolute atomic E-state index is 0.0834. The van der Waals surface area contributed by atoms with Crippen molar-refractivity contribution >= 4 is 11.6 Å². The van der Waals surface area contributed by atoms with Crippen LogP contribution in [0.25, 0.3) is 0 Å². The first-order chi connectivity index (χ1) is 8.01. The predicted molar refractivity (Wildman–Crippen MR) is 72.2 cm³/mol. The summed E-state index contributed by atoms with van der Waals surface area (Å²) in [7, 11) is 1.82. The highest BCUT2D eigenvalue weighted by Gasteiger charge is 2.20. The van der Waals surface area contributed by atoms with Gasteiger partial charge in [-0.25, -0.2) is 0 Å². The van der Waals surface area contributed by atoms with Gasteiger partial charge in [-0.05, 0) is 37.5 Å². The number of carbonyl (C=O) groups is 1. The summed E-state index contributed by atoms with van der Waals surface area (Å²) < 4.78 is 0. The van der Waals surface area contributed by atoms with Crippen molar-refractivity contribution in [1.29, 1.82) is 0 Å². The molecular weight excluding hydrogens is 212 g/mol. The molecule has 0 radical (unpaired) electrons. The van der Waals surface area contributed by atoms with Crippen molar-refractivity contribution in [3.8, 4) is 0 Å². The van der Waals surface area contributed by atoms with E-state index >= 15 is 0 Å². The van der Waals surface area contributed by atoms with E-state index in [9.17, 15) is 4.79 Å². The van der Waals surface area contributed by atoms with Crippen LogP contribution in [0.1, 0.15) is 24.5 Å². The van der Waals surface area contributed by atoms with E-state index in [1.54, 1.807) is 4.90 Å². The number of aryl methyl sites for hydroxylation is 2. The third-order valence-corrected chi connectivity index (χ3v) is 3.18. The van der Waals surface area contributed by atoms with Crippen LogP contribution in [-0.4, -0.2) is 19.5 Å². The summed E-state index contributed by atoms with van der Waals surface area (Å²) in [5.74, 6) is 0.0172. The third-order valence-electron chi connectivity index (χ3n) is 3.18. The number of carbonyl (C=O) groups excluding carboxylic acids is 1. The fourth-order valence-corrected chi connectivity index (χ4v) is 1.92. The molecule has 94 valence electrons. The molecule has 1 atom stereocenters. The molecule has 0 aliphatic heterocycles. The molecule has 2 N–H and O–H groups in total. The first kappa shape index (κ1) is 13.7. The second-order valence-corrected chi connectivity index (χ2v) is 4.53. The van der Waals surface area contributed by atoms with E-state index in [0.29, 0.717) is 6.54 Å². The number of nitrogens with two attached hydrogens (primary N) is 1. The SMILES string of the molecule is CCC(CN)C(=O)N(C)c1cc(C)ccc1C. The monoisotopic (exact) mass is 234 g/mol. The van der Waals surface area contributed by atoms with Gasteiger partial charge in [0.2, 0.25) is 5.91 Å². The smallest absolute Gasteiger partial charge is 0.231 e. The molecule has 3 heteroatoms. The predicted octanol–water partition coefficient (Wildman–Crippen LogP) is 2.25. The van der Waals surface area contributed by atoms with Crippen molar-refractivity contribution in [2.45, 2.75) is 27.2 Å². The van der Waals surface area contributed by atoms with Crippen molar-refractivity contribution in [3.63, 3.8) is 0 Å². The highest BCUT2D eigenvalue weighted by molar-refractivity contribution is 5.95. The Morgan fingerprint density at radius 3 is 2.59 bits per heavy atom. The Hall–Kier alpha value is -1.35. The lowest BCUT2D eigenvalue weighted by Crippen LogP contribution is -2.36. The average Bonchev–Trinajstić information content (AvgIpc) is 2.32. The second-order valence-electron chi connectivity index (χ2n) is 4.53. The highest BCUT2D eigenvalue weighted by Crippen LogP contribution is 2.22. The molecule has 0 bridgehead atoms. The Morgan fingerprint density at radius 2 is 2.06 bits per heavy atom. The minimum Gasteiger partial charge on any atom is -0.330 e. The van der Waals surface area contributed by atoms with Gasteiger partial charge in [-0.3, -0.25) is 4.79 Å². The Balaban J connectivity index is 2.99. The first-order valence-electron chi connectivity index (χ1n) is 6.06. The average molecular weight is 234 g/mol. The van der Waals surface area contributed by atoms with Gasteiger partial charge in [-0.2, -0.15) is 0 Å². The molecule has 1 rings (SSSR count). The van der Waals surface area contributed by atoms with Gasteiger partial charge in [-0.15, -0.1) is 0 Å². The molecule has 0 saturated carbocycles. The Morgan fingerprint density at radius 1 is 1.41 bits per heavy atom. The van der Waals surface area contributed by atoms with Crippen molar-refractivity contribution in [1.82, 2.24) is 0 Å². The van der Waals surface area contributed by atoms with E-state index in [1.807, 2.05) is 40.0 Å². The molecule has 3 nitrogen and oxygen atoms in total. The van der Waals surface area contributed by atoms with E-state index in [0.717, 1.165) is 23.2 Å². The van der Waals surface area contributed by atoms with Crippen LogP contribution in [0.5, 0.6) is 0 Å². The van der Waals surface area contributed by atoms with Crippen LogP contribution in [0.3, 0.4) is 0 Å². The summed E-state index contributed by atoms with van der Waals surface area (Å²) in [5.41, 5.74) is 8.86. The molecule has 0 aliphatic rings. The van der Waals surface area contributed by atoms with E-state index < -0.39 is 0 Å². The molecule has 0 aliphatic carbocycles. The zero-order chi connectivity index (χ0) is 13.0. The molecule has 0 saturated heterocycles. The van der Waals surface area contributed by atoms with E-state index in [2.05, 4.69) is 6.07 Å². The number of nitrogens with zero attached hydrogens (tertiary/aromatic N) is 1.